The number of hydrogen-bond acceptors (Lipinski definition) is 5. The predicted molar refractivity (Wildman–Crippen MR) is 117 cm³/mol. The lowest BCUT2D eigenvalue weighted by molar-refractivity contribution is -0.146. The molecule has 2 heterocycles. The van der Waals surface area contributed by atoms with E-state index in [0.29, 0.717) is 0 Å². The van der Waals surface area contributed by atoms with Gasteiger partial charge in [0.05, 0.1) is 18.0 Å². The highest BCUT2D eigenvalue weighted by Crippen LogP contribution is 2.18. The Hall–Kier alpha value is -0.900. The number of aliphatic imine (C=N–C) groups is 1. The second-order valence-corrected chi connectivity index (χ2v) is 7.30. The second kappa shape index (κ2) is 12.5. The minimum Gasteiger partial charge on any atom is -0.469 e. The van der Waals surface area contributed by atoms with E-state index in [0.717, 1.165) is 69.9 Å². The molecule has 0 atom stereocenters. The van der Waals surface area contributed by atoms with Crippen LogP contribution in [0.25, 0.3) is 0 Å². The number of aromatic nitrogens is 1. The molecule has 1 saturated heterocycles. The van der Waals surface area contributed by atoms with E-state index < -0.39 is 0 Å². The molecule has 0 bridgehead atoms. The molecule has 1 aliphatic heterocycles. The minimum absolute atomic E-state index is 0. The van der Waals surface area contributed by atoms with Crippen LogP contribution in [0.1, 0.15) is 43.3 Å². The van der Waals surface area contributed by atoms with Crippen LogP contribution >= 0.6 is 35.3 Å². The van der Waals surface area contributed by atoms with E-state index >= 15 is 0 Å². The molecule has 0 aliphatic carbocycles. The number of likely N-dealkylation sites (tertiary alicyclic amines) is 1. The van der Waals surface area contributed by atoms with Crippen molar-refractivity contribution in [3.63, 3.8) is 0 Å². The maximum Gasteiger partial charge on any atom is 0.308 e. The second-order valence-electron chi connectivity index (χ2n) is 6.36. The number of nitrogens with one attached hydrogen (secondary N) is 1. The monoisotopic (exact) mass is 494 g/mol. The summed E-state index contributed by atoms with van der Waals surface area (Å²) in [7, 11) is 1.47. The first-order valence-corrected chi connectivity index (χ1v) is 10.0. The van der Waals surface area contributed by atoms with E-state index in [2.05, 4.69) is 27.5 Å². The third-order valence-corrected chi connectivity index (χ3v) is 5.42. The van der Waals surface area contributed by atoms with Crippen molar-refractivity contribution in [3.05, 3.63) is 16.1 Å². The van der Waals surface area contributed by atoms with Gasteiger partial charge in [-0.15, -0.1) is 35.3 Å². The molecule has 0 aromatic carbocycles. The van der Waals surface area contributed by atoms with Crippen LogP contribution in [0.5, 0.6) is 0 Å². The van der Waals surface area contributed by atoms with Crippen LogP contribution in [0.15, 0.2) is 10.4 Å². The third-order valence-electron chi connectivity index (χ3n) is 4.39. The SMILES string of the molecule is CCNC(=NCCCCc1nc(C)cs1)N1CCC(C(=O)OC)CC1.I. The number of guanidine groups is 1. The molecule has 0 amide bonds. The maximum atomic E-state index is 11.6. The summed E-state index contributed by atoms with van der Waals surface area (Å²) in [6.07, 6.45) is 4.88. The molecule has 1 aliphatic rings. The van der Waals surface area contributed by atoms with Crippen molar-refractivity contribution in [1.82, 2.24) is 15.2 Å². The van der Waals surface area contributed by atoms with Gasteiger partial charge < -0.3 is 15.0 Å². The number of methoxy groups -OCH3 is 1. The Labute approximate surface area is 177 Å². The van der Waals surface area contributed by atoms with Gasteiger partial charge in [0, 0.05) is 37.3 Å². The molecule has 2 rings (SSSR count). The Kier molecular flexibility index (Phi) is 11.1. The predicted octanol–water partition coefficient (Wildman–Crippen LogP) is 3.24. The molecular weight excluding hydrogens is 463 g/mol. The van der Waals surface area contributed by atoms with Gasteiger partial charge in [0.25, 0.3) is 0 Å². The first-order chi connectivity index (χ1) is 12.1. The number of esters is 1. The summed E-state index contributed by atoms with van der Waals surface area (Å²) in [6, 6.07) is 0. The van der Waals surface area contributed by atoms with Gasteiger partial charge in [-0.3, -0.25) is 9.79 Å². The Balaban J connectivity index is 0.00000338. The highest BCUT2D eigenvalue weighted by atomic mass is 127. The van der Waals surface area contributed by atoms with Crippen LogP contribution in [0.3, 0.4) is 0 Å². The zero-order valence-corrected chi connectivity index (χ0v) is 19.1. The van der Waals surface area contributed by atoms with Crippen molar-refractivity contribution in [2.45, 2.75) is 46.0 Å². The number of carbonyl (C=O) groups is 1. The molecule has 0 saturated carbocycles. The zero-order chi connectivity index (χ0) is 18.1. The number of halogens is 1. The molecule has 1 aromatic heterocycles. The number of thiazole rings is 1. The average Bonchev–Trinajstić information content (AvgIpc) is 3.05. The van der Waals surface area contributed by atoms with Crippen molar-refractivity contribution >= 4 is 47.2 Å². The average molecular weight is 494 g/mol. The largest absolute Gasteiger partial charge is 0.469 e. The smallest absolute Gasteiger partial charge is 0.308 e. The molecule has 0 unspecified atom stereocenters. The van der Waals surface area contributed by atoms with E-state index in [1.165, 1.54) is 12.1 Å². The number of carbonyl (C=O) groups excluding carboxylic acids is 1. The Morgan fingerprint density at radius 1 is 1.42 bits per heavy atom. The number of hydrogen-bond donors (Lipinski definition) is 1. The van der Waals surface area contributed by atoms with Gasteiger partial charge >= 0.3 is 5.97 Å². The summed E-state index contributed by atoms with van der Waals surface area (Å²) in [5.41, 5.74) is 1.11. The lowest BCUT2D eigenvalue weighted by Crippen LogP contribution is -2.46. The van der Waals surface area contributed by atoms with Gasteiger partial charge in [-0.25, -0.2) is 4.98 Å². The molecule has 26 heavy (non-hydrogen) atoms. The molecule has 8 heteroatoms. The lowest BCUT2D eigenvalue weighted by Gasteiger charge is -2.33. The number of ether oxygens (including phenoxy) is 1. The van der Waals surface area contributed by atoms with Crippen molar-refractivity contribution < 1.29 is 9.53 Å². The number of rotatable bonds is 7. The fourth-order valence-electron chi connectivity index (χ4n) is 3.01. The summed E-state index contributed by atoms with van der Waals surface area (Å²) in [4.78, 5) is 23.2. The number of unbranched alkanes of at least 4 members (excludes halogenated alkanes) is 1. The first-order valence-electron chi connectivity index (χ1n) is 9.16. The summed E-state index contributed by atoms with van der Waals surface area (Å²) >= 11 is 1.74. The van der Waals surface area contributed by atoms with Crippen LogP contribution in [-0.2, 0) is 16.0 Å². The number of aryl methyl sites for hydroxylation is 2. The fourth-order valence-corrected chi connectivity index (χ4v) is 3.83. The van der Waals surface area contributed by atoms with Gasteiger partial charge in [-0.1, -0.05) is 0 Å². The fraction of sp³-hybridized carbons (Fsp3) is 0.722. The third kappa shape index (κ3) is 7.38. The molecule has 6 nitrogen and oxygen atoms in total. The molecule has 1 aromatic rings. The molecule has 1 N–H and O–H groups in total. The van der Waals surface area contributed by atoms with Gasteiger partial charge in [-0.2, -0.15) is 0 Å². The summed E-state index contributed by atoms with van der Waals surface area (Å²) in [5.74, 6) is 0.917. The van der Waals surface area contributed by atoms with Crippen molar-refractivity contribution in [1.29, 1.82) is 0 Å². The van der Waals surface area contributed by atoms with Crippen LogP contribution in [0.4, 0.5) is 0 Å². The molecule has 1 fully saturated rings. The molecule has 0 spiro atoms. The minimum atomic E-state index is -0.0842. The van der Waals surface area contributed by atoms with Crippen LogP contribution in [-0.4, -0.2) is 55.1 Å². The van der Waals surface area contributed by atoms with Crippen LogP contribution in [0.2, 0.25) is 0 Å². The summed E-state index contributed by atoms with van der Waals surface area (Å²) < 4.78 is 4.86. The number of piperidine rings is 1. The number of nitrogens with zero attached hydrogens (tertiary/aromatic N) is 3. The summed E-state index contributed by atoms with van der Waals surface area (Å²) in [6.45, 7) is 7.50. The van der Waals surface area contributed by atoms with Crippen molar-refractivity contribution in [2.75, 3.05) is 33.3 Å². The Morgan fingerprint density at radius 2 is 2.15 bits per heavy atom. The van der Waals surface area contributed by atoms with E-state index in [-0.39, 0.29) is 35.9 Å². The highest BCUT2D eigenvalue weighted by molar-refractivity contribution is 14.0. The standard InChI is InChI=1S/C18H30N4O2S.HI/c1-4-19-18(22-11-8-15(9-12-22)17(23)24-3)20-10-6-5-7-16-21-14(2)13-25-16;/h13,15H,4-12H2,1-3H3,(H,19,20);1H. The van der Waals surface area contributed by atoms with Gasteiger partial charge in [0.1, 0.15) is 0 Å². The van der Waals surface area contributed by atoms with Crippen LogP contribution in [0, 0.1) is 12.8 Å². The molecular formula is C18H31IN4O2S. The zero-order valence-electron chi connectivity index (χ0n) is 16.0. The van der Waals surface area contributed by atoms with E-state index in [9.17, 15) is 4.79 Å². The van der Waals surface area contributed by atoms with Crippen molar-refractivity contribution in [3.8, 4) is 0 Å². The Bertz CT molecular complexity index is 571. The van der Waals surface area contributed by atoms with Crippen molar-refractivity contribution in [2.24, 2.45) is 10.9 Å². The molecule has 0 radical (unpaired) electrons. The van der Waals surface area contributed by atoms with E-state index in [1.807, 2.05) is 6.92 Å². The van der Waals surface area contributed by atoms with Gasteiger partial charge in [0.2, 0.25) is 0 Å². The Morgan fingerprint density at radius 3 is 2.73 bits per heavy atom. The molecule has 148 valence electrons. The van der Waals surface area contributed by atoms with E-state index in [4.69, 9.17) is 9.73 Å². The quantitative estimate of drug-likeness (QED) is 0.207. The normalized spacial score (nSPS) is 15.5. The lowest BCUT2D eigenvalue weighted by atomic mass is 9.97. The topological polar surface area (TPSA) is 66.8 Å². The maximum absolute atomic E-state index is 11.6. The first kappa shape index (κ1) is 23.1. The summed E-state index contributed by atoms with van der Waals surface area (Å²) in [5, 5.41) is 6.70. The van der Waals surface area contributed by atoms with Gasteiger partial charge in [-0.05, 0) is 46.0 Å². The van der Waals surface area contributed by atoms with Gasteiger partial charge in [0.15, 0.2) is 5.96 Å². The van der Waals surface area contributed by atoms with Crippen LogP contribution < -0.4 is 5.32 Å². The van der Waals surface area contributed by atoms with E-state index in [1.54, 1.807) is 11.3 Å². The highest BCUT2D eigenvalue weighted by Gasteiger charge is 2.26.